The van der Waals surface area contributed by atoms with Crippen molar-refractivity contribution < 1.29 is 43.7 Å². The zero-order chi connectivity index (χ0) is 37.2. The minimum absolute atomic E-state index is 0.199. The molecule has 0 atom stereocenters. The highest BCUT2D eigenvalue weighted by atomic mass is 16.5. The Kier molecular flexibility index (Phi) is 9.72. The molecule has 0 radical (unpaired) electrons. The van der Waals surface area contributed by atoms with Gasteiger partial charge >= 0.3 is 17.9 Å². The fourth-order valence-electron chi connectivity index (χ4n) is 6.85. The summed E-state index contributed by atoms with van der Waals surface area (Å²) in [7, 11) is 0. The van der Waals surface area contributed by atoms with Crippen molar-refractivity contribution in [3.05, 3.63) is 89.8 Å². The van der Waals surface area contributed by atoms with Crippen LogP contribution in [-0.4, -0.2) is 85.0 Å². The van der Waals surface area contributed by atoms with Crippen molar-refractivity contribution in [2.24, 2.45) is 5.92 Å². The van der Waals surface area contributed by atoms with Crippen LogP contribution in [0, 0.1) is 5.92 Å². The molecule has 4 aliphatic rings. The van der Waals surface area contributed by atoms with Crippen molar-refractivity contribution in [3.63, 3.8) is 0 Å². The lowest BCUT2D eigenvalue weighted by atomic mass is 9.90. The van der Waals surface area contributed by atoms with Crippen molar-refractivity contribution in [1.82, 2.24) is 4.58 Å². The van der Waals surface area contributed by atoms with Crippen LogP contribution >= 0.6 is 0 Å². The molecule has 7 rings (SSSR count). The number of aliphatic carboxylic acids is 2. The first kappa shape index (κ1) is 35.1. The van der Waals surface area contributed by atoms with Gasteiger partial charge in [-0.2, -0.15) is 0 Å². The third-order valence-corrected chi connectivity index (χ3v) is 9.64. The van der Waals surface area contributed by atoms with Crippen LogP contribution in [0.3, 0.4) is 0 Å². The summed E-state index contributed by atoms with van der Waals surface area (Å²) in [5.41, 5.74) is 4.80. The minimum Gasteiger partial charge on any atom is -0.491 e. The molecule has 0 saturated carbocycles. The summed E-state index contributed by atoms with van der Waals surface area (Å²) in [5.74, 6) is -3.05. The van der Waals surface area contributed by atoms with Crippen molar-refractivity contribution >= 4 is 51.8 Å². The lowest BCUT2D eigenvalue weighted by molar-refractivity contribution is -0.136. The highest BCUT2D eigenvalue weighted by molar-refractivity contribution is 6.08. The third-order valence-electron chi connectivity index (χ3n) is 9.64. The number of hydrogen-bond donors (Lipinski definition) is 4. The minimum atomic E-state index is -1.19. The molecule has 0 unspecified atom stereocenters. The Hall–Kier alpha value is -6.37. The lowest BCUT2D eigenvalue weighted by Crippen LogP contribution is -2.53. The van der Waals surface area contributed by atoms with E-state index in [1.165, 1.54) is 4.90 Å². The van der Waals surface area contributed by atoms with E-state index in [0.29, 0.717) is 54.4 Å². The number of amides is 1. The molecule has 3 aromatic carbocycles. The van der Waals surface area contributed by atoms with E-state index in [2.05, 4.69) is 20.9 Å². The third kappa shape index (κ3) is 7.23. The van der Waals surface area contributed by atoms with Crippen LogP contribution in [0.1, 0.15) is 30.1 Å². The summed E-state index contributed by atoms with van der Waals surface area (Å²) in [6, 6.07) is 23.6. The lowest BCUT2D eigenvalue weighted by Gasteiger charge is -2.33. The standard InChI is InChI=1S/C40H38N4O9/c1-2-16-52-35-17-25(8-13-32(35)44(22-36(45)46)23-37(47)48)41-39(49)24-20-43(21-24)27-10-12-31-34(19-27)53-33-18-26(42-14-5-15-42)9-11-30(33)38(31)28-6-3-4-7-29(28)40(50)51/h3-4,6-13,17-19,24H,2,5,14-16,20-23H2,1H3,(H3-,41,45,46,47,48,49,50,51)/p+1. The number of ether oxygens (including phenoxy) is 1. The quantitative estimate of drug-likeness (QED) is 0.0962. The Bertz CT molecular complexity index is 2270. The molecule has 0 aromatic heterocycles. The summed E-state index contributed by atoms with van der Waals surface area (Å²) in [6.07, 6.45) is 1.80. The van der Waals surface area contributed by atoms with Gasteiger partial charge in [-0.1, -0.05) is 25.1 Å². The zero-order valence-electron chi connectivity index (χ0n) is 29.1. The monoisotopic (exact) mass is 719 g/mol. The number of rotatable bonds is 13. The van der Waals surface area contributed by atoms with Gasteiger partial charge in [-0.15, -0.1) is 0 Å². The summed E-state index contributed by atoms with van der Waals surface area (Å²) >= 11 is 0. The van der Waals surface area contributed by atoms with Gasteiger partial charge < -0.3 is 39.6 Å². The van der Waals surface area contributed by atoms with E-state index in [4.69, 9.17) is 9.15 Å². The second kappa shape index (κ2) is 14.7. The predicted molar refractivity (Wildman–Crippen MR) is 199 cm³/mol. The largest absolute Gasteiger partial charge is 0.491 e. The van der Waals surface area contributed by atoms with E-state index in [-0.39, 0.29) is 23.1 Å². The summed E-state index contributed by atoms with van der Waals surface area (Å²) in [4.78, 5) is 52.0. The van der Waals surface area contributed by atoms with Gasteiger partial charge in [-0.3, -0.25) is 14.4 Å². The topological polar surface area (TPSA) is 173 Å². The first-order chi connectivity index (χ1) is 25.6. The second-order valence-electron chi connectivity index (χ2n) is 13.3. The van der Waals surface area contributed by atoms with E-state index >= 15 is 0 Å². The maximum atomic E-state index is 13.4. The Balaban J connectivity index is 1.17. The molecule has 3 heterocycles. The Labute approximate surface area is 304 Å². The maximum Gasteiger partial charge on any atom is 0.336 e. The number of fused-ring (bicyclic) bond motifs is 2. The van der Waals surface area contributed by atoms with Gasteiger partial charge in [0.1, 0.15) is 30.2 Å². The summed E-state index contributed by atoms with van der Waals surface area (Å²) < 4.78 is 14.4. The predicted octanol–water partition coefficient (Wildman–Crippen LogP) is 4.92. The molecule has 0 bridgehead atoms. The number of carbonyl (C=O) groups is 4. The smallest absolute Gasteiger partial charge is 0.336 e. The highest BCUT2D eigenvalue weighted by Gasteiger charge is 2.38. The second-order valence-corrected chi connectivity index (χ2v) is 13.3. The van der Waals surface area contributed by atoms with Gasteiger partial charge in [0.2, 0.25) is 11.3 Å². The van der Waals surface area contributed by atoms with Gasteiger partial charge in [0.25, 0.3) is 0 Å². The molecule has 0 spiro atoms. The van der Waals surface area contributed by atoms with Gasteiger partial charge in [0, 0.05) is 59.2 Å². The molecule has 272 valence electrons. The first-order valence-corrected chi connectivity index (χ1v) is 17.5. The molecule has 3 aliphatic heterocycles. The van der Waals surface area contributed by atoms with Crippen molar-refractivity contribution in [2.75, 3.05) is 61.0 Å². The Morgan fingerprint density at radius 2 is 1.66 bits per heavy atom. The van der Waals surface area contributed by atoms with Crippen LogP contribution in [0.2, 0.25) is 0 Å². The SMILES string of the molecule is CCCOc1cc(NC(=O)C2C[N+](=c3ccc4c(-c5ccccc5C(=O)O)c5ccc(N6CCC6)cc5oc-4c3)C2)ccc1N(CC(=O)O)CC(=O)O. The van der Waals surface area contributed by atoms with Crippen molar-refractivity contribution in [3.8, 4) is 28.2 Å². The first-order valence-electron chi connectivity index (χ1n) is 17.5. The van der Waals surface area contributed by atoms with Crippen LogP contribution in [0.15, 0.2) is 83.3 Å². The van der Waals surface area contributed by atoms with Gasteiger partial charge in [-0.05, 0) is 54.8 Å². The Morgan fingerprint density at radius 1 is 0.906 bits per heavy atom. The fourth-order valence-corrected chi connectivity index (χ4v) is 6.85. The molecule has 2 fully saturated rings. The number of carboxylic acid groups (broad SMARTS) is 3. The van der Waals surface area contributed by atoms with Gasteiger partial charge in [0.05, 0.1) is 23.9 Å². The number of hydrogen-bond acceptors (Lipinski definition) is 8. The van der Waals surface area contributed by atoms with Gasteiger partial charge in [-0.25, -0.2) is 9.37 Å². The number of benzene rings is 4. The van der Waals surface area contributed by atoms with Crippen LogP contribution in [0.4, 0.5) is 17.1 Å². The van der Waals surface area contributed by atoms with E-state index in [0.717, 1.165) is 47.1 Å². The molecule has 53 heavy (non-hydrogen) atoms. The van der Waals surface area contributed by atoms with Crippen LogP contribution in [0.25, 0.3) is 33.4 Å². The molecule has 13 nitrogen and oxygen atoms in total. The molecule has 4 N–H and O–H groups in total. The number of carbonyl (C=O) groups excluding carboxylic acids is 1. The zero-order valence-corrected chi connectivity index (χ0v) is 29.1. The molecule has 2 saturated heterocycles. The van der Waals surface area contributed by atoms with E-state index in [1.54, 1.807) is 30.3 Å². The fraction of sp³-hybridized carbons (Fsp3) is 0.275. The molecular formula is C40H39N4O9+. The Morgan fingerprint density at radius 3 is 2.34 bits per heavy atom. The normalized spacial score (nSPS) is 15.1. The average Bonchev–Trinajstić information content (AvgIpc) is 3.07. The van der Waals surface area contributed by atoms with Crippen molar-refractivity contribution in [2.45, 2.75) is 19.8 Å². The van der Waals surface area contributed by atoms with Gasteiger partial charge in [0.15, 0.2) is 19.0 Å². The summed E-state index contributed by atoms with van der Waals surface area (Å²) in [5, 5.41) is 33.4. The molecule has 13 heteroatoms. The maximum absolute atomic E-state index is 13.4. The number of carboxylic acids is 3. The van der Waals surface area contributed by atoms with E-state index in [1.807, 2.05) is 49.4 Å². The number of nitrogens with one attached hydrogen (secondary N) is 1. The van der Waals surface area contributed by atoms with Crippen molar-refractivity contribution in [1.29, 1.82) is 0 Å². The number of anilines is 3. The number of aromatic carboxylic acids is 1. The van der Waals surface area contributed by atoms with E-state index < -0.39 is 31.0 Å². The average molecular weight is 720 g/mol. The summed E-state index contributed by atoms with van der Waals surface area (Å²) in [6.45, 7) is 3.99. The van der Waals surface area contributed by atoms with Crippen LogP contribution < -0.4 is 29.8 Å². The molecule has 3 aromatic rings. The van der Waals surface area contributed by atoms with Crippen LogP contribution in [-0.2, 0) is 14.4 Å². The number of nitrogens with zero attached hydrogens (tertiary/aromatic N) is 3. The highest BCUT2D eigenvalue weighted by Crippen LogP contribution is 2.42. The van der Waals surface area contributed by atoms with E-state index in [9.17, 15) is 34.5 Å². The molecule has 1 aliphatic carbocycles. The van der Waals surface area contributed by atoms with Crippen LogP contribution in [0.5, 0.6) is 5.75 Å². The molecular weight excluding hydrogens is 680 g/mol. The molecule has 1 amide bonds.